The predicted molar refractivity (Wildman–Crippen MR) is 136 cm³/mol. The van der Waals surface area contributed by atoms with Crippen LogP contribution in [-0.2, 0) is 9.47 Å². The van der Waals surface area contributed by atoms with Gasteiger partial charge in [-0.1, -0.05) is 41.5 Å². The van der Waals surface area contributed by atoms with E-state index in [4.69, 9.17) is 32.4 Å². The minimum absolute atomic E-state index is 0.0126. The minimum Gasteiger partial charge on any atom is -0.443 e. The van der Waals surface area contributed by atoms with E-state index in [0.29, 0.717) is 24.2 Å². The maximum atomic E-state index is 12.5. The van der Waals surface area contributed by atoms with Crippen molar-refractivity contribution in [2.75, 3.05) is 13.1 Å². The van der Waals surface area contributed by atoms with E-state index < -0.39 is 24.4 Å². The van der Waals surface area contributed by atoms with Crippen molar-refractivity contribution in [2.24, 2.45) is 45.6 Å². The van der Waals surface area contributed by atoms with Crippen molar-refractivity contribution >= 4 is 11.9 Å². The lowest BCUT2D eigenvalue weighted by atomic mass is 9.80. The predicted octanol–water partition coefficient (Wildman–Crippen LogP) is 3.37. The van der Waals surface area contributed by atoms with Gasteiger partial charge in [0.2, 0.25) is 0 Å². The molecule has 4 atom stereocenters. The number of nitrogens with two attached hydrogens (primary N) is 4. The van der Waals surface area contributed by atoms with Gasteiger partial charge < -0.3 is 20.9 Å². The highest BCUT2D eigenvalue weighted by Gasteiger charge is 2.28. The zero-order valence-corrected chi connectivity index (χ0v) is 21.8. The van der Waals surface area contributed by atoms with E-state index in [1.54, 1.807) is 0 Å². The van der Waals surface area contributed by atoms with Gasteiger partial charge in [0.1, 0.15) is 0 Å². The lowest BCUT2D eigenvalue weighted by Crippen LogP contribution is -2.36. The molecule has 0 spiro atoms. The third kappa shape index (κ3) is 10.1. The van der Waals surface area contributed by atoms with E-state index in [1.165, 1.54) is 24.3 Å². The lowest BCUT2D eigenvalue weighted by Gasteiger charge is -2.30. The smallest absolute Gasteiger partial charge is 0.339 e. The van der Waals surface area contributed by atoms with Gasteiger partial charge in [-0.25, -0.2) is 9.59 Å². The SMILES string of the molecule is CC(CC(C)(C)CCN)C(N)OC(=O)c1ccc(C(=O)OC(N)C(C)CC(C)(C)CCN)cc1. The molecule has 1 aromatic rings. The highest BCUT2D eigenvalue weighted by molar-refractivity contribution is 5.93. The van der Waals surface area contributed by atoms with Gasteiger partial charge in [-0.3, -0.25) is 11.5 Å². The van der Waals surface area contributed by atoms with Gasteiger partial charge in [0.25, 0.3) is 0 Å². The second kappa shape index (κ2) is 13.2. The number of hydrogen-bond donors (Lipinski definition) is 4. The fourth-order valence-electron chi connectivity index (χ4n) is 4.32. The van der Waals surface area contributed by atoms with Crippen LogP contribution in [0.15, 0.2) is 24.3 Å². The van der Waals surface area contributed by atoms with E-state index in [9.17, 15) is 9.59 Å². The summed E-state index contributed by atoms with van der Waals surface area (Å²) in [5.74, 6) is -1.14. The zero-order valence-electron chi connectivity index (χ0n) is 21.8. The van der Waals surface area contributed by atoms with Crippen molar-refractivity contribution < 1.29 is 19.1 Å². The average Bonchev–Trinajstić information content (AvgIpc) is 2.72. The monoisotopic (exact) mass is 478 g/mol. The van der Waals surface area contributed by atoms with Crippen molar-refractivity contribution in [2.45, 2.75) is 79.7 Å². The summed E-state index contributed by atoms with van der Waals surface area (Å²) in [6, 6.07) is 6.09. The molecule has 0 bridgehead atoms. The van der Waals surface area contributed by atoms with Crippen molar-refractivity contribution in [1.29, 1.82) is 0 Å². The van der Waals surface area contributed by atoms with Crippen LogP contribution in [0.2, 0.25) is 0 Å². The fourth-order valence-corrected chi connectivity index (χ4v) is 4.32. The van der Waals surface area contributed by atoms with Gasteiger partial charge in [-0.15, -0.1) is 0 Å². The Balaban J connectivity index is 2.66. The molecule has 4 unspecified atom stereocenters. The minimum atomic E-state index is -0.739. The largest absolute Gasteiger partial charge is 0.443 e. The lowest BCUT2D eigenvalue weighted by molar-refractivity contribution is 0.0102. The number of esters is 2. The molecule has 0 heterocycles. The van der Waals surface area contributed by atoms with Gasteiger partial charge >= 0.3 is 11.9 Å². The van der Waals surface area contributed by atoms with Crippen LogP contribution in [0.4, 0.5) is 0 Å². The van der Waals surface area contributed by atoms with Crippen LogP contribution in [0, 0.1) is 22.7 Å². The summed E-state index contributed by atoms with van der Waals surface area (Å²) in [6.07, 6.45) is 1.82. The number of hydrogen-bond acceptors (Lipinski definition) is 8. The summed E-state index contributed by atoms with van der Waals surface area (Å²) in [5, 5.41) is 0. The summed E-state index contributed by atoms with van der Waals surface area (Å²) in [4.78, 5) is 25.0. The van der Waals surface area contributed by atoms with Crippen LogP contribution < -0.4 is 22.9 Å². The summed E-state index contributed by atoms with van der Waals surface area (Å²) in [7, 11) is 0. The third-order valence-corrected chi connectivity index (χ3v) is 6.36. The number of carbonyl (C=O) groups is 2. The first-order valence-corrected chi connectivity index (χ1v) is 12.1. The van der Waals surface area contributed by atoms with Gasteiger partial charge in [0, 0.05) is 11.8 Å². The molecule has 1 aromatic carbocycles. The molecule has 0 aliphatic carbocycles. The Kier molecular flexibility index (Phi) is 11.6. The molecule has 8 nitrogen and oxygen atoms in total. The molecule has 194 valence electrons. The van der Waals surface area contributed by atoms with Gasteiger partial charge in [-0.05, 0) is 73.9 Å². The van der Waals surface area contributed by atoms with Crippen LogP contribution in [0.25, 0.3) is 0 Å². The molecule has 0 radical (unpaired) electrons. The number of carbonyl (C=O) groups excluding carboxylic acids is 2. The van der Waals surface area contributed by atoms with Crippen LogP contribution in [0.3, 0.4) is 0 Å². The molecular weight excluding hydrogens is 432 g/mol. The molecule has 0 saturated heterocycles. The Hall–Kier alpha value is -2.00. The molecule has 0 aliphatic rings. The Bertz CT molecular complexity index is 715. The Labute approximate surface area is 205 Å². The quantitative estimate of drug-likeness (QED) is 0.234. The van der Waals surface area contributed by atoms with Gasteiger partial charge in [0.05, 0.1) is 11.1 Å². The van der Waals surface area contributed by atoms with E-state index in [1.807, 2.05) is 13.8 Å². The summed E-state index contributed by atoms with van der Waals surface area (Å²) < 4.78 is 10.9. The van der Waals surface area contributed by atoms with Crippen molar-refractivity contribution in [3.05, 3.63) is 35.4 Å². The highest BCUT2D eigenvalue weighted by Crippen LogP contribution is 2.31. The van der Waals surface area contributed by atoms with E-state index >= 15 is 0 Å². The van der Waals surface area contributed by atoms with E-state index in [2.05, 4.69) is 27.7 Å². The summed E-state index contributed by atoms with van der Waals surface area (Å²) in [5.41, 5.74) is 24.2. The van der Waals surface area contributed by atoms with Crippen LogP contribution in [0.1, 0.15) is 87.9 Å². The summed E-state index contributed by atoms with van der Waals surface area (Å²) >= 11 is 0. The second-order valence-electron chi connectivity index (χ2n) is 11.1. The molecule has 0 saturated carbocycles. The number of rotatable bonds is 14. The molecule has 8 heteroatoms. The maximum absolute atomic E-state index is 12.5. The van der Waals surface area contributed by atoms with Crippen LogP contribution in [0.5, 0.6) is 0 Å². The molecule has 34 heavy (non-hydrogen) atoms. The maximum Gasteiger partial charge on any atom is 0.339 e. The zero-order chi connectivity index (χ0) is 26.1. The van der Waals surface area contributed by atoms with E-state index in [-0.39, 0.29) is 22.7 Å². The number of ether oxygens (including phenoxy) is 2. The van der Waals surface area contributed by atoms with Crippen molar-refractivity contribution in [3.8, 4) is 0 Å². The first kappa shape index (κ1) is 30.0. The fraction of sp³-hybridized carbons (Fsp3) is 0.692. The second-order valence-corrected chi connectivity index (χ2v) is 11.1. The molecule has 8 N–H and O–H groups in total. The Morgan fingerprint density at radius 2 is 1.03 bits per heavy atom. The van der Waals surface area contributed by atoms with Gasteiger partial charge in [-0.2, -0.15) is 0 Å². The molecule has 0 aliphatic heterocycles. The highest BCUT2D eigenvalue weighted by atomic mass is 16.6. The van der Waals surface area contributed by atoms with Crippen molar-refractivity contribution in [1.82, 2.24) is 0 Å². The molecular formula is C26H46N4O4. The Morgan fingerprint density at radius 1 is 0.735 bits per heavy atom. The first-order valence-electron chi connectivity index (χ1n) is 12.1. The molecule has 0 fully saturated rings. The van der Waals surface area contributed by atoms with Crippen LogP contribution in [-0.4, -0.2) is 37.5 Å². The Morgan fingerprint density at radius 3 is 1.29 bits per heavy atom. The molecule has 0 aromatic heterocycles. The van der Waals surface area contributed by atoms with Crippen molar-refractivity contribution in [3.63, 3.8) is 0 Å². The third-order valence-electron chi connectivity index (χ3n) is 6.36. The standard InChI is InChI=1S/C26H46N4O4/c1-17(15-25(3,4)11-13-27)21(29)33-23(31)19-7-9-20(10-8-19)24(32)34-22(30)18(2)16-26(5,6)12-14-28/h7-10,17-18,21-22H,11-16,27-30H2,1-6H3. The normalized spacial score (nSPS) is 15.8. The first-order chi connectivity index (χ1) is 15.7. The summed E-state index contributed by atoms with van der Waals surface area (Å²) in [6.45, 7) is 13.6. The van der Waals surface area contributed by atoms with Gasteiger partial charge in [0.15, 0.2) is 12.5 Å². The molecule has 0 amide bonds. The van der Waals surface area contributed by atoms with Crippen LogP contribution >= 0.6 is 0 Å². The number of benzene rings is 1. The van der Waals surface area contributed by atoms with E-state index in [0.717, 1.165) is 25.7 Å². The average molecular weight is 479 g/mol. The topological polar surface area (TPSA) is 157 Å². The molecule has 1 rings (SSSR count).